The first kappa shape index (κ1) is 26.1. The Bertz CT molecular complexity index is 1240. The molecule has 0 radical (unpaired) electrons. The first-order chi connectivity index (χ1) is 16.7. The summed E-state index contributed by atoms with van der Waals surface area (Å²) < 4.78 is 54.8. The van der Waals surface area contributed by atoms with Gasteiger partial charge in [-0.25, -0.2) is 16.8 Å². The molecule has 11 heteroatoms. The van der Waals surface area contributed by atoms with E-state index in [9.17, 15) is 21.6 Å². The minimum atomic E-state index is -3.73. The molecule has 35 heavy (non-hydrogen) atoms. The van der Waals surface area contributed by atoms with Gasteiger partial charge in [-0.05, 0) is 74.2 Å². The van der Waals surface area contributed by atoms with Crippen molar-refractivity contribution in [3.05, 3.63) is 53.6 Å². The monoisotopic (exact) mass is 539 g/mol. The van der Waals surface area contributed by atoms with Crippen LogP contribution in [0.15, 0.2) is 58.3 Å². The lowest BCUT2D eigenvalue weighted by atomic mass is 9.99. The lowest BCUT2D eigenvalue weighted by Gasteiger charge is -2.31. The topological polar surface area (TPSA) is 104 Å². The molecule has 1 atom stereocenters. The van der Waals surface area contributed by atoms with E-state index in [1.54, 1.807) is 12.1 Å². The van der Waals surface area contributed by atoms with Crippen molar-refractivity contribution in [1.82, 2.24) is 8.61 Å². The highest BCUT2D eigenvalue weighted by Crippen LogP contribution is 2.26. The number of hydrogen-bond donors (Lipinski definition) is 1. The summed E-state index contributed by atoms with van der Waals surface area (Å²) in [7, 11) is -7.29. The molecule has 190 valence electrons. The number of carbonyl (C=O) groups excluding carboxylic acids is 1. The number of anilines is 1. The molecule has 2 heterocycles. The second kappa shape index (κ2) is 11.0. The molecule has 0 saturated carbocycles. The van der Waals surface area contributed by atoms with Crippen LogP contribution in [-0.4, -0.2) is 57.5 Å². The van der Waals surface area contributed by atoms with E-state index in [0.29, 0.717) is 43.2 Å². The van der Waals surface area contributed by atoms with E-state index in [1.807, 2.05) is 0 Å². The third-order valence-corrected chi connectivity index (χ3v) is 10.6. The van der Waals surface area contributed by atoms with Gasteiger partial charge >= 0.3 is 0 Å². The summed E-state index contributed by atoms with van der Waals surface area (Å²) in [5.41, 5.74) is 0.475. The van der Waals surface area contributed by atoms with Crippen molar-refractivity contribution in [2.24, 2.45) is 5.92 Å². The van der Waals surface area contributed by atoms with Gasteiger partial charge in [0.25, 0.3) is 0 Å². The maximum absolute atomic E-state index is 13.0. The molecule has 4 rings (SSSR count). The molecule has 2 aromatic rings. The Labute approximate surface area is 212 Å². The first-order valence-corrected chi connectivity index (χ1v) is 15.1. The number of amides is 1. The molecule has 0 unspecified atom stereocenters. The van der Waals surface area contributed by atoms with Crippen LogP contribution < -0.4 is 5.32 Å². The Morgan fingerprint density at radius 2 is 1.26 bits per heavy atom. The van der Waals surface area contributed by atoms with Crippen LogP contribution in [0.3, 0.4) is 0 Å². The van der Waals surface area contributed by atoms with E-state index < -0.39 is 26.0 Å². The van der Waals surface area contributed by atoms with Gasteiger partial charge in [-0.2, -0.15) is 8.61 Å². The van der Waals surface area contributed by atoms with Gasteiger partial charge < -0.3 is 5.32 Å². The van der Waals surface area contributed by atoms with Crippen molar-refractivity contribution in [2.75, 3.05) is 31.5 Å². The fraction of sp³-hybridized carbons (Fsp3) is 0.458. The number of carbonyl (C=O) groups is 1. The lowest BCUT2D eigenvalue weighted by molar-refractivity contribution is -0.120. The molecule has 8 nitrogen and oxygen atoms in total. The number of rotatable bonds is 6. The van der Waals surface area contributed by atoms with Crippen molar-refractivity contribution >= 4 is 43.2 Å². The molecule has 1 N–H and O–H groups in total. The van der Waals surface area contributed by atoms with E-state index in [-0.39, 0.29) is 22.2 Å². The Hall–Kier alpha value is -1.98. The van der Waals surface area contributed by atoms with Crippen LogP contribution in [0.5, 0.6) is 0 Å². The van der Waals surface area contributed by atoms with Crippen LogP contribution in [0.1, 0.15) is 38.5 Å². The summed E-state index contributed by atoms with van der Waals surface area (Å²) in [6, 6.07) is 12.1. The average molecular weight is 540 g/mol. The Kier molecular flexibility index (Phi) is 8.17. The normalized spacial score (nSPS) is 20.8. The molecule has 2 aliphatic heterocycles. The second-order valence-corrected chi connectivity index (χ2v) is 13.3. The van der Waals surface area contributed by atoms with Gasteiger partial charge in [-0.15, -0.1) is 0 Å². The number of sulfonamides is 2. The van der Waals surface area contributed by atoms with Crippen molar-refractivity contribution in [3.63, 3.8) is 0 Å². The van der Waals surface area contributed by atoms with E-state index in [2.05, 4.69) is 5.32 Å². The molecule has 0 spiro atoms. The molecule has 0 bridgehead atoms. The predicted molar refractivity (Wildman–Crippen MR) is 135 cm³/mol. The van der Waals surface area contributed by atoms with Crippen molar-refractivity contribution in [3.8, 4) is 0 Å². The second-order valence-electron chi connectivity index (χ2n) is 8.99. The van der Waals surface area contributed by atoms with Crippen molar-refractivity contribution in [1.29, 1.82) is 0 Å². The number of nitrogens with one attached hydrogen (secondary N) is 1. The average Bonchev–Trinajstić information content (AvgIpc) is 3.15. The summed E-state index contributed by atoms with van der Waals surface area (Å²) in [6.45, 7) is 1.48. The maximum atomic E-state index is 13.0. The van der Waals surface area contributed by atoms with E-state index in [1.165, 1.54) is 45.0 Å². The van der Waals surface area contributed by atoms with Gasteiger partial charge in [0.15, 0.2) is 0 Å². The molecule has 2 saturated heterocycles. The smallest absolute Gasteiger partial charge is 0.243 e. The maximum Gasteiger partial charge on any atom is 0.243 e. The highest BCUT2D eigenvalue weighted by atomic mass is 35.5. The molecule has 1 amide bonds. The minimum absolute atomic E-state index is 0.0816. The molecule has 2 aliphatic rings. The largest absolute Gasteiger partial charge is 0.326 e. The summed E-state index contributed by atoms with van der Waals surface area (Å²) in [5.74, 6) is -0.796. The fourth-order valence-corrected chi connectivity index (χ4v) is 7.68. The zero-order valence-corrected chi connectivity index (χ0v) is 21.8. The third kappa shape index (κ3) is 6.06. The van der Waals surface area contributed by atoms with Crippen LogP contribution in [0.4, 0.5) is 5.69 Å². The zero-order valence-electron chi connectivity index (χ0n) is 19.4. The van der Waals surface area contributed by atoms with E-state index in [0.717, 1.165) is 25.7 Å². The third-order valence-electron chi connectivity index (χ3n) is 6.53. The standard InChI is InChI=1S/C24H30ClN3O5S2/c25-20-7-11-22(12-8-20)35(32,33)28-17-5-6-19(18-28)24(29)26-21-9-13-23(14-10-21)34(30,31)27-15-3-1-2-4-16-27/h7-14,19H,1-6,15-18H2,(H,26,29)/t19-/m0/s1. The fourth-order valence-electron chi connectivity index (χ4n) is 4.52. The highest BCUT2D eigenvalue weighted by molar-refractivity contribution is 7.89. The molecule has 2 aromatic carbocycles. The lowest BCUT2D eigenvalue weighted by Crippen LogP contribution is -2.43. The van der Waals surface area contributed by atoms with Crippen LogP contribution in [0, 0.1) is 5.92 Å². The molecular weight excluding hydrogens is 510 g/mol. The quantitative estimate of drug-likeness (QED) is 0.598. The van der Waals surface area contributed by atoms with Gasteiger partial charge in [0.1, 0.15) is 0 Å². The first-order valence-electron chi connectivity index (χ1n) is 11.8. The minimum Gasteiger partial charge on any atom is -0.326 e. The predicted octanol–water partition coefficient (Wildman–Crippen LogP) is 3.94. The van der Waals surface area contributed by atoms with Gasteiger partial charge in [-0.1, -0.05) is 24.4 Å². The van der Waals surface area contributed by atoms with Crippen molar-refractivity contribution < 1.29 is 21.6 Å². The van der Waals surface area contributed by atoms with Crippen LogP contribution in [0.2, 0.25) is 5.02 Å². The number of nitrogens with zero attached hydrogens (tertiary/aromatic N) is 2. The molecule has 0 aromatic heterocycles. The Balaban J connectivity index is 1.40. The summed E-state index contributed by atoms with van der Waals surface area (Å²) >= 11 is 5.87. The van der Waals surface area contributed by atoms with Gasteiger partial charge in [0, 0.05) is 36.9 Å². The van der Waals surface area contributed by atoms with Crippen LogP contribution >= 0.6 is 11.6 Å². The van der Waals surface area contributed by atoms with Gasteiger partial charge in [0.2, 0.25) is 26.0 Å². The van der Waals surface area contributed by atoms with Crippen LogP contribution in [-0.2, 0) is 24.8 Å². The number of piperidine rings is 1. The van der Waals surface area contributed by atoms with E-state index >= 15 is 0 Å². The van der Waals surface area contributed by atoms with Crippen LogP contribution in [0.25, 0.3) is 0 Å². The molecule has 0 aliphatic carbocycles. The van der Waals surface area contributed by atoms with Crippen molar-refractivity contribution in [2.45, 2.75) is 48.3 Å². The number of hydrogen-bond acceptors (Lipinski definition) is 5. The SMILES string of the molecule is O=C(Nc1ccc(S(=O)(=O)N2CCCCCC2)cc1)[C@H]1CCCN(S(=O)(=O)c2ccc(Cl)cc2)C1. The Morgan fingerprint density at radius 3 is 1.86 bits per heavy atom. The zero-order chi connectivity index (χ0) is 25.1. The summed E-state index contributed by atoms with van der Waals surface area (Å²) in [4.78, 5) is 13.3. The summed E-state index contributed by atoms with van der Waals surface area (Å²) in [6.07, 6.45) is 4.93. The highest BCUT2D eigenvalue weighted by Gasteiger charge is 2.33. The summed E-state index contributed by atoms with van der Waals surface area (Å²) in [5, 5.41) is 3.26. The molecule has 2 fully saturated rings. The molecular formula is C24H30ClN3O5S2. The van der Waals surface area contributed by atoms with E-state index in [4.69, 9.17) is 11.6 Å². The number of benzene rings is 2. The number of halogens is 1. The van der Waals surface area contributed by atoms with Gasteiger partial charge in [-0.3, -0.25) is 4.79 Å². The van der Waals surface area contributed by atoms with Gasteiger partial charge in [0.05, 0.1) is 15.7 Å². The Morgan fingerprint density at radius 1 is 0.743 bits per heavy atom.